The third-order valence-corrected chi connectivity index (χ3v) is 2.01. The smallest absolute Gasteiger partial charge is 0.221 e. The monoisotopic (exact) mass is 233 g/mol. The number of carbonyl (C=O) groups excluding carboxylic acids is 1. The zero-order valence-corrected chi connectivity index (χ0v) is 9.39. The van der Waals surface area contributed by atoms with Gasteiger partial charge in [-0.15, -0.1) is 0 Å². The van der Waals surface area contributed by atoms with E-state index in [-0.39, 0.29) is 0 Å². The summed E-state index contributed by atoms with van der Waals surface area (Å²) >= 11 is 4.57. The van der Waals surface area contributed by atoms with Crippen LogP contribution >= 0.6 is 11.8 Å². The number of rotatable bonds is 2. The van der Waals surface area contributed by atoms with Crippen molar-refractivity contribution in [3.63, 3.8) is 0 Å². The van der Waals surface area contributed by atoms with E-state index in [0.717, 1.165) is 0 Å². The van der Waals surface area contributed by atoms with Crippen LogP contribution in [0.3, 0.4) is 0 Å². The van der Waals surface area contributed by atoms with Gasteiger partial charge in [-0.2, -0.15) is 0 Å². The van der Waals surface area contributed by atoms with Gasteiger partial charge in [0.1, 0.15) is 0 Å². The third-order valence-electron chi connectivity index (χ3n) is 1.93. The van der Waals surface area contributed by atoms with E-state index in [9.17, 15) is 0 Å². The van der Waals surface area contributed by atoms with Gasteiger partial charge in [-0.25, -0.2) is 0 Å². The number of hydrogen-bond acceptors (Lipinski definition) is 1. The molecule has 0 aromatic heterocycles. The average Bonchev–Trinajstić information content (AvgIpc) is 2.41. The van der Waals surface area contributed by atoms with Crippen molar-refractivity contribution in [2.24, 2.45) is 0 Å². The molecular weight excluding hydrogens is 222 g/mol. The molecule has 82 valence electrons. The molecule has 16 heavy (non-hydrogen) atoms. The lowest BCUT2D eigenvalue weighted by atomic mass is 10.1. The fourth-order valence-corrected chi connectivity index (χ4v) is 1.26. The van der Waals surface area contributed by atoms with Crippen molar-refractivity contribution < 1.29 is 4.79 Å². The lowest BCUT2D eigenvalue weighted by Gasteiger charge is -1.98. The minimum Gasteiger partial charge on any atom is -0.278 e. The first kappa shape index (κ1) is 12.3. The largest absolute Gasteiger partial charge is 0.278 e. The number of amides is 1. The van der Waals surface area contributed by atoms with Gasteiger partial charge in [-0.05, 0) is 11.1 Å². The summed E-state index contributed by atoms with van der Waals surface area (Å²) in [7, 11) is 0. The van der Waals surface area contributed by atoms with Gasteiger partial charge < -0.3 is 0 Å². The molecule has 0 bridgehead atoms. The van der Waals surface area contributed by atoms with Gasteiger partial charge in [-0.3, -0.25) is 9.63 Å². The molecule has 0 unspecified atom stereocenters. The van der Waals surface area contributed by atoms with Gasteiger partial charge in [0, 0.05) is 11.8 Å². The van der Waals surface area contributed by atoms with Gasteiger partial charge in [0.05, 0.1) is 0 Å². The van der Waals surface area contributed by atoms with Gasteiger partial charge in [0.25, 0.3) is 0 Å². The summed E-state index contributed by atoms with van der Waals surface area (Å²) in [6.07, 6.45) is 0.390. The lowest BCUT2D eigenvalue weighted by Crippen LogP contribution is -1.87. The molecule has 0 aliphatic carbocycles. The van der Waals surface area contributed by atoms with Gasteiger partial charge in [-0.1, -0.05) is 60.7 Å². The molecule has 3 heteroatoms. The molecule has 0 saturated carbocycles. The second-order valence-electron chi connectivity index (χ2n) is 2.96. The fraction of sp³-hybridized carbons (Fsp3) is 0. The standard InChI is InChI=1S/C12H10.CH2ClNO/c1-3-7-11(8-4-1)12-9-5-2-6-10-12;2-3-1-4/h1-10H;1H,(H,3,4). The van der Waals surface area contributed by atoms with E-state index in [1.165, 1.54) is 11.1 Å². The van der Waals surface area contributed by atoms with Crippen LogP contribution in [0, 0.1) is 0 Å². The Hall–Kier alpha value is -1.80. The quantitative estimate of drug-likeness (QED) is 0.626. The van der Waals surface area contributed by atoms with E-state index in [4.69, 9.17) is 4.79 Å². The maximum absolute atomic E-state index is 8.93. The molecule has 0 aliphatic rings. The first-order chi connectivity index (χ1) is 7.88. The Morgan fingerprint density at radius 1 is 0.812 bits per heavy atom. The Kier molecular flexibility index (Phi) is 5.74. The second-order valence-corrected chi connectivity index (χ2v) is 3.18. The van der Waals surface area contributed by atoms with Gasteiger partial charge in [0.15, 0.2) is 0 Å². The van der Waals surface area contributed by atoms with Crippen LogP contribution in [0.2, 0.25) is 0 Å². The van der Waals surface area contributed by atoms with Crippen LogP contribution in [0.4, 0.5) is 0 Å². The Morgan fingerprint density at radius 3 is 1.38 bits per heavy atom. The number of nitrogens with one attached hydrogen (secondary N) is 1. The van der Waals surface area contributed by atoms with E-state index < -0.39 is 0 Å². The molecule has 0 radical (unpaired) electrons. The molecule has 2 aromatic carbocycles. The van der Waals surface area contributed by atoms with Crippen molar-refractivity contribution in [3.05, 3.63) is 60.7 Å². The summed E-state index contributed by atoms with van der Waals surface area (Å²) in [5.41, 5.74) is 2.55. The van der Waals surface area contributed by atoms with Crippen LogP contribution in [0.15, 0.2) is 60.7 Å². The highest BCUT2D eigenvalue weighted by Crippen LogP contribution is 2.17. The Bertz CT molecular complexity index is 365. The molecule has 0 aliphatic heterocycles. The molecule has 0 heterocycles. The summed E-state index contributed by atoms with van der Waals surface area (Å²) in [6, 6.07) is 20.8. The predicted octanol–water partition coefficient (Wildman–Crippen LogP) is 3.24. The maximum atomic E-state index is 8.93. The van der Waals surface area contributed by atoms with Crippen LogP contribution in [-0.2, 0) is 4.79 Å². The first-order valence-corrected chi connectivity index (χ1v) is 5.16. The van der Waals surface area contributed by atoms with E-state index in [1.54, 1.807) is 4.84 Å². The van der Waals surface area contributed by atoms with E-state index in [2.05, 4.69) is 60.3 Å². The Morgan fingerprint density at radius 2 is 1.12 bits per heavy atom. The van der Waals surface area contributed by atoms with Crippen LogP contribution in [0.5, 0.6) is 0 Å². The number of halogens is 1. The highest BCUT2D eigenvalue weighted by Gasteiger charge is 1.91. The van der Waals surface area contributed by atoms with Crippen molar-refractivity contribution in [3.8, 4) is 11.1 Å². The average molecular weight is 234 g/mol. The van der Waals surface area contributed by atoms with Crippen molar-refractivity contribution in [1.29, 1.82) is 0 Å². The Balaban J connectivity index is 0.000000280. The molecule has 2 rings (SSSR count). The highest BCUT2D eigenvalue weighted by molar-refractivity contribution is 6.18. The Labute approximate surface area is 100.0 Å². The van der Waals surface area contributed by atoms with E-state index in [0.29, 0.717) is 6.41 Å². The molecule has 0 fully saturated rings. The minimum atomic E-state index is 0.390. The molecular formula is C13H12ClNO. The second kappa shape index (κ2) is 7.49. The SMILES string of the molecule is O=CNCl.c1ccc(-c2ccccc2)cc1. The molecule has 1 N–H and O–H groups in total. The molecule has 2 nitrogen and oxygen atoms in total. The fourth-order valence-electron chi connectivity index (χ4n) is 1.26. The summed E-state index contributed by atoms with van der Waals surface area (Å²) in [5.74, 6) is 0. The van der Waals surface area contributed by atoms with Crippen molar-refractivity contribution >= 4 is 18.2 Å². The van der Waals surface area contributed by atoms with Crippen molar-refractivity contribution in [2.45, 2.75) is 0 Å². The summed E-state index contributed by atoms with van der Waals surface area (Å²) in [4.78, 5) is 10.7. The summed E-state index contributed by atoms with van der Waals surface area (Å²) in [6.45, 7) is 0. The zero-order valence-electron chi connectivity index (χ0n) is 8.64. The van der Waals surface area contributed by atoms with E-state index in [1.807, 2.05) is 12.1 Å². The molecule has 1 amide bonds. The van der Waals surface area contributed by atoms with Gasteiger partial charge >= 0.3 is 0 Å². The minimum absolute atomic E-state index is 0.390. The van der Waals surface area contributed by atoms with E-state index >= 15 is 0 Å². The third kappa shape index (κ3) is 4.15. The molecule has 0 saturated heterocycles. The maximum Gasteiger partial charge on any atom is 0.221 e. The highest BCUT2D eigenvalue weighted by atomic mass is 35.5. The first-order valence-electron chi connectivity index (χ1n) is 4.78. The number of carbonyl (C=O) groups is 1. The zero-order chi connectivity index (χ0) is 11.6. The van der Waals surface area contributed by atoms with Crippen molar-refractivity contribution in [1.82, 2.24) is 4.84 Å². The van der Waals surface area contributed by atoms with Crippen LogP contribution in [0.25, 0.3) is 11.1 Å². The van der Waals surface area contributed by atoms with Crippen LogP contribution in [-0.4, -0.2) is 6.41 Å². The number of benzene rings is 2. The predicted molar refractivity (Wildman–Crippen MR) is 66.9 cm³/mol. The molecule has 0 spiro atoms. The molecule has 2 aromatic rings. The normalized spacial score (nSPS) is 8.56. The summed E-state index contributed by atoms with van der Waals surface area (Å²) < 4.78 is 0. The van der Waals surface area contributed by atoms with Crippen LogP contribution in [0.1, 0.15) is 0 Å². The lowest BCUT2D eigenvalue weighted by molar-refractivity contribution is -0.108. The summed E-state index contributed by atoms with van der Waals surface area (Å²) in [5, 5.41) is 0. The number of hydrogen-bond donors (Lipinski definition) is 1. The van der Waals surface area contributed by atoms with Gasteiger partial charge in [0.2, 0.25) is 6.41 Å². The molecule has 0 atom stereocenters. The van der Waals surface area contributed by atoms with Crippen LogP contribution < -0.4 is 4.84 Å². The van der Waals surface area contributed by atoms with Crippen molar-refractivity contribution in [2.75, 3.05) is 0 Å². The topological polar surface area (TPSA) is 29.1 Å².